The van der Waals surface area contributed by atoms with E-state index in [-0.39, 0.29) is 18.4 Å². The molecule has 0 aliphatic heterocycles. The minimum absolute atomic E-state index is 0.218. The zero-order valence-corrected chi connectivity index (χ0v) is 19.7. The molecule has 0 saturated heterocycles. The first-order chi connectivity index (χ1) is 17.0. The molecule has 2 amide bonds. The van der Waals surface area contributed by atoms with Crippen LogP contribution in [0, 0.1) is 0 Å². The lowest BCUT2D eigenvalue weighted by atomic mass is 9.89. The van der Waals surface area contributed by atoms with Gasteiger partial charge in [-0.3, -0.25) is 9.59 Å². The van der Waals surface area contributed by atoms with Gasteiger partial charge in [-0.2, -0.15) is 0 Å². The summed E-state index contributed by atoms with van der Waals surface area (Å²) in [6.45, 7) is -0.218. The summed E-state index contributed by atoms with van der Waals surface area (Å²) in [5, 5.41) is 15.8. The number of benzene rings is 3. The highest BCUT2D eigenvalue weighted by Crippen LogP contribution is 2.37. The van der Waals surface area contributed by atoms with Crippen LogP contribution in [0.15, 0.2) is 60.7 Å². The van der Waals surface area contributed by atoms with Crippen LogP contribution in [0.1, 0.15) is 40.4 Å². The van der Waals surface area contributed by atoms with Crippen molar-refractivity contribution in [3.05, 3.63) is 77.4 Å². The third-order valence-corrected chi connectivity index (χ3v) is 5.87. The molecule has 35 heavy (non-hydrogen) atoms. The molecule has 1 aliphatic carbocycles. The number of aliphatic hydroxyl groups is 1. The molecule has 0 aromatic heterocycles. The summed E-state index contributed by atoms with van der Waals surface area (Å²) < 4.78 is 16.7. The molecule has 1 aliphatic rings. The lowest BCUT2D eigenvalue weighted by Gasteiger charge is -2.23. The van der Waals surface area contributed by atoms with Crippen molar-refractivity contribution in [2.45, 2.75) is 25.4 Å². The SMILES string of the molecule is COc1cc(NC(=O)c2ccccc2)c(OC)cc1NC(=O)COc1cccc2c1CCC[C@@H]2O. The maximum Gasteiger partial charge on any atom is 0.262 e. The monoisotopic (exact) mass is 476 g/mol. The molecule has 0 fully saturated rings. The average molecular weight is 477 g/mol. The summed E-state index contributed by atoms with van der Waals surface area (Å²) >= 11 is 0. The van der Waals surface area contributed by atoms with Crippen LogP contribution in [0.2, 0.25) is 0 Å². The van der Waals surface area contributed by atoms with Gasteiger partial charge in [-0.15, -0.1) is 0 Å². The van der Waals surface area contributed by atoms with Crippen molar-refractivity contribution in [2.75, 3.05) is 31.5 Å². The predicted octanol–water partition coefficient (Wildman–Crippen LogP) is 4.34. The fourth-order valence-corrected chi connectivity index (χ4v) is 4.13. The Morgan fingerprint density at radius 3 is 2.29 bits per heavy atom. The molecule has 3 N–H and O–H groups in total. The first-order valence-electron chi connectivity index (χ1n) is 11.3. The number of hydrogen-bond donors (Lipinski definition) is 3. The Morgan fingerprint density at radius 2 is 1.60 bits per heavy atom. The summed E-state index contributed by atoms with van der Waals surface area (Å²) in [5.41, 5.74) is 3.08. The van der Waals surface area contributed by atoms with Crippen LogP contribution in [0.3, 0.4) is 0 Å². The first kappa shape index (κ1) is 24.1. The lowest BCUT2D eigenvalue weighted by molar-refractivity contribution is -0.118. The molecule has 182 valence electrons. The highest BCUT2D eigenvalue weighted by molar-refractivity contribution is 6.05. The minimum Gasteiger partial charge on any atom is -0.494 e. The van der Waals surface area contributed by atoms with E-state index in [1.54, 1.807) is 42.5 Å². The maximum absolute atomic E-state index is 12.7. The smallest absolute Gasteiger partial charge is 0.262 e. The standard InChI is InChI=1S/C27H28N2O6/c1-33-24-15-21(29-27(32)17-8-4-3-5-9-17)25(34-2)14-20(24)28-26(31)16-35-23-13-7-10-18-19(23)11-6-12-22(18)30/h3-5,7-10,13-15,22,30H,6,11-12,16H2,1-2H3,(H,28,31)(H,29,32)/t22-/m0/s1. The fourth-order valence-electron chi connectivity index (χ4n) is 4.13. The topological polar surface area (TPSA) is 106 Å². The first-order valence-corrected chi connectivity index (χ1v) is 11.3. The van der Waals surface area contributed by atoms with Crippen LogP contribution in [-0.4, -0.2) is 37.7 Å². The maximum atomic E-state index is 12.7. The number of hydrogen-bond acceptors (Lipinski definition) is 6. The van der Waals surface area contributed by atoms with Crippen LogP contribution >= 0.6 is 0 Å². The molecule has 0 unspecified atom stereocenters. The van der Waals surface area contributed by atoms with Crippen molar-refractivity contribution in [1.29, 1.82) is 0 Å². The third-order valence-electron chi connectivity index (χ3n) is 5.87. The highest BCUT2D eigenvalue weighted by atomic mass is 16.5. The Hall–Kier alpha value is -4.04. The van der Waals surface area contributed by atoms with Crippen LogP contribution in [0.5, 0.6) is 17.2 Å². The summed E-state index contributed by atoms with van der Waals surface area (Å²) in [7, 11) is 2.94. The molecular formula is C27H28N2O6. The summed E-state index contributed by atoms with van der Waals surface area (Å²) in [4.78, 5) is 25.3. The quantitative estimate of drug-likeness (QED) is 0.447. The molecule has 8 heteroatoms. The van der Waals surface area contributed by atoms with E-state index in [0.29, 0.717) is 34.2 Å². The molecule has 1 atom stereocenters. The number of carbonyl (C=O) groups excluding carboxylic acids is 2. The van der Waals surface area contributed by atoms with E-state index >= 15 is 0 Å². The molecule has 8 nitrogen and oxygen atoms in total. The lowest BCUT2D eigenvalue weighted by Crippen LogP contribution is -2.22. The van der Waals surface area contributed by atoms with E-state index in [1.807, 2.05) is 18.2 Å². The van der Waals surface area contributed by atoms with Crippen molar-refractivity contribution < 1.29 is 28.9 Å². The van der Waals surface area contributed by atoms with Crippen molar-refractivity contribution >= 4 is 23.2 Å². The van der Waals surface area contributed by atoms with Gasteiger partial charge in [-0.1, -0.05) is 30.3 Å². The van der Waals surface area contributed by atoms with Gasteiger partial charge in [0.15, 0.2) is 6.61 Å². The van der Waals surface area contributed by atoms with Gasteiger partial charge in [0.2, 0.25) is 0 Å². The molecule has 0 heterocycles. The van der Waals surface area contributed by atoms with Gasteiger partial charge in [-0.25, -0.2) is 0 Å². The summed E-state index contributed by atoms with van der Waals surface area (Å²) in [6.07, 6.45) is 1.88. The Bertz CT molecular complexity index is 1210. The van der Waals surface area contributed by atoms with E-state index in [0.717, 1.165) is 30.4 Å². The molecule has 0 bridgehead atoms. The number of ether oxygens (including phenoxy) is 3. The van der Waals surface area contributed by atoms with Crippen molar-refractivity contribution in [3.63, 3.8) is 0 Å². The zero-order valence-electron chi connectivity index (χ0n) is 19.7. The van der Waals surface area contributed by atoms with E-state index < -0.39 is 6.10 Å². The Labute approximate surface area is 203 Å². The number of methoxy groups -OCH3 is 2. The summed E-state index contributed by atoms with van der Waals surface area (Å²) in [6, 6.07) is 17.5. The van der Waals surface area contributed by atoms with Gasteiger partial charge in [0.25, 0.3) is 11.8 Å². The van der Waals surface area contributed by atoms with Gasteiger partial charge in [-0.05, 0) is 48.6 Å². The number of rotatable bonds is 8. The number of carbonyl (C=O) groups is 2. The van der Waals surface area contributed by atoms with E-state index in [4.69, 9.17) is 14.2 Å². The van der Waals surface area contributed by atoms with Gasteiger partial charge >= 0.3 is 0 Å². The number of amides is 2. The van der Waals surface area contributed by atoms with Gasteiger partial charge in [0, 0.05) is 17.7 Å². The predicted molar refractivity (Wildman–Crippen MR) is 132 cm³/mol. The van der Waals surface area contributed by atoms with Crippen LogP contribution < -0.4 is 24.8 Å². The number of nitrogens with one attached hydrogen (secondary N) is 2. The second-order valence-electron chi connectivity index (χ2n) is 8.14. The van der Waals surface area contributed by atoms with E-state index in [1.165, 1.54) is 14.2 Å². The van der Waals surface area contributed by atoms with Crippen molar-refractivity contribution in [2.24, 2.45) is 0 Å². The largest absolute Gasteiger partial charge is 0.494 e. The molecule has 3 aromatic rings. The second-order valence-corrected chi connectivity index (χ2v) is 8.14. The zero-order chi connectivity index (χ0) is 24.8. The molecular weight excluding hydrogens is 448 g/mol. The Kier molecular flexibility index (Phi) is 7.52. The van der Waals surface area contributed by atoms with Crippen LogP contribution in [0.25, 0.3) is 0 Å². The second kappa shape index (κ2) is 10.9. The van der Waals surface area contributed by atoms with Crippen molar-refractivity contribution in [1.82, 2.24) is 0 Å². The Morgan fingerprint density at radius 1 is 0.914 bits per heavy atom. The molecule has 0 saturated carbocycles. The number of anilines is 2. The highest BCUT2D eigenvalue weighted by Gasteiger charge is 2.22. The van der Waals surface area contributed by atoms with E-state index in [2.05, 4.69) is 10.6 Å². The number of fused-ring (bicyclic) bond motifs is 1. The van der Waals surface area contributed by atoms with Crippen molar-refractivity contribution in [3.8, 4) is 17.2 Å². The normalized spacial score (nSPS) is 14.4. The van der Waals surface area contributed by atoms with Gasteiger partial charge in [0.05, 0.1) is 31.7 Å². The number of aliphatic hydroxyl groups excluding tert-OH is 1. The summed E-state index contributed by atoms with van der Waals surface area (Å²) in [5.74, 6) is 0.618. The fraction of sp³-hybridized carbons (Fsp3) is 0.259. The molecule has 0 radical (unpaired) electrons. The Balaban J connectivity index is 1.46. The minimum atomic E-state index is -0.506. The average Bonchev–Trinajstić information content (AvgIpc) is 2.88. The van der Waals surface area contributed by atoms with E-state index in [9.17, 15) is 14.7 Å². The van der Waals surface area contributed by atoms with Crippen LogP contribution in [0.4, 0.5) is 11.4 Å². The molecule has 4 rings (SSSR count). The van der Waals surface area contributed by atoms with Crippen LogP contribution in [-0.2, 0) is 11.2 Å². The van der Waals surface area contributed by atoms with Gasteiger partial charge < -0.3 is 30.0 Å². The molecule has 0 spiro atoms. The third kappa shape index (κ3) is 5.55. The molecule has 3 aromatic carbocycles. The van der Waals surface area contributed by atoms with Gasteiger partial charge in [0.1, 0.15) is 17.2 Å².